The van der Waals surface area contributed by atoms with E-state index in [2.05, 4.69) is 40.8 Å². The molecule has 0 atom stereocenters. The summed E-state index contributed by atoms with van der Waals surface area (Å²) in [4.78, 5) is 25.0. The van der Waals surface area contributed by atoms with Gasteiger partial charge >= 0.3 is 0 Å². The average Bonchev–Trinajstić information content (AvgIpc) is 2.67. The van der Waals surface area contributed by atoms with Crippen LogP contribution < -0.4 is 22.5 Å². The first-order chi connectivity index (χ1) is 12.6. The monoisotopic (exact) mass is 350 g/mol. The lowest BCUT2D eigenvalue weighted by Crippen LogP contribution is -2.09. The van der Waals surface area contributed by atoms with Crippen LogP contribution in [0.5, 0.6) is 0 Å². The van der Waals surface area contributed by atoms with Gasteiger partial charge in [-0.25, -0.2) is 36.6 Å². The molecule has 26 heavy (non-hydrogen) atoms. The van der Waals surface area contributed by atoms with Crippen molar-refractivity contribution < 1.29 is 0 Å². The number of hydrazine groups is 2. The maximum atomic E-state index is 5.29. The predicted molar refractivity (Wildman–Crippen MR) is 99.8 cm³/mol. The lowest BCUT2D eigenvalue weighted by Gasteiger charge is -2.02. The van der Waals surface area contributed by atoms with E-state index in [0.29, 0.717) is 22.7 Å². The summed E-state index contributed by atoms with van der Waals surface area (Å²) in [5.41, 5.74) is 9.65. The molecule has 10 nitrogen and oxygen atoms in total. The Balaban J connectivity index is 0.000000151. The van der Waals surface area contributed by atoms with Crippen molar-refractivity contribution in [1.82, 2.24) is 29.9 Å². The largest absolute Gasteiger partial charge is 0.307 e. The third-order valence-corrected chi connectivity index (χ3v) is 3.44. The highest BCUT2D eigenvalue weighted by molar-refractivity contribution is 5.85. The van der Waals surface area contributed by atoms with Crippen molar-refractivity contribution >= 4 is 33.7 Å². The van der Waals surface area contributed by atoms with Crippen molar-refractivity contribution in [3.05, 3.63) is 48.3 Å². The molecule has 10 heteroatoms. The summed E-state index contributed by atoms with van der Waals surface area (Å²) in [6.07, 6.45) is 6.68. The van der Waals surface area contributed by atoms with Crippen LogP contribution in [0, 0.1) is 13.8 Å². The van der Waals surface area contributed by atoms with Gasteiger partial charge in [0.15, 0.2) is 11.6 Å². The van der Waals surface area contributed by atoms with E-state index in [1.165, 1.54) is 0 Å². The molecule has 0 aromatic carbocycles. The molecule has 132 valence electrons. The second-order valence-corrected chi connectivity index (χ2v) is 5.37. The number of nitrogen functional groups attached to an aromatic ring is 2. The third-order valence-electron chi connectivity index (χ3n) is 3.44. The van der Waals surface area contributed by atoms with E-state index in [0.717, 1.165) is 22.4 Å². The fourth-order valence-corrected chi connectivity index (χ4v) is 2.28. The molecular weight excluding hydrogens is 332 g/mol. The van der Waals surface area contributed by atoms with Gasteiger partial charge in [0.1, 0.15) is 11.0 Å². The highest BCUT2D eigenvalue weighted by Gasteiger charge is 2.03. The molecule has 0 spiro atoms. The zero-order valence-corrected chi connectivity index (χ0v) is 14.3. The van der Waals surface area contributed by atoms with Crippen LogP contribution in [0.4, 0.5) is 11.6 Å². The number of pyridine rings is 2. The molecule has 0 saturated carbocycles. The first-order valence-electron chi connectivity index (χ1n) is 7.72. The summed E-state index contributed by atoms with van der Waals surface area (Å²) >= 11 is 0. The summed E-state index contributed by atoms with van der Waals surface area (Å²) in [5, 5.41) is 0. The molecule has 6 N–H and O–H groups in total. The van der Waals surface area contributed by atoms with Crippen LogP contribution >= 0.6 is 0 Å². The topological polar surface area (TPSA) is 153 Å². The number of hydrogen-bond acceptors (Lipinski definition) is 10. The van der Waals surface area contributed by atoms with Crippen molar-refractivity contribution in [2.75, 3.05) is 10.9 Å². The Hall–Kier alpha value is -3.50. The van der Waals surface area contributed by atoms with Gasteiger partial charge in [0, 0.05) is 24.8 Å². The van der Waals surface area contributed by atoms with Crippen LogP contribution in [-0.2, 0) is 0 Å². The predicted octanol–water partition coefficient (Wildman–Crippen LogP) is 1.24. The van der Waals surface area contributed by atoms with Gasteiger partial charge in [-0.05, 0) is 26.0 Å². The minimum Gasteiger partial charge on any atom is -0.307 e. The highest BCUT2D eigenvalue weighted by Crippen LogP contribution is 2.16. The number of aromatic nitrogens is 6. The lowest BCUT2D eigenvalue weighted by atomic mass is 10.3. The Morgan fingerprint density at radius 1 is 0.692 bits per heavy atom. The number of fused-ring (bicyclic) bond motifs is 2. The molecule has 0 amide bonds. The second kappa shape index (κ2) is 7.59. The van der Waals surface area contributed by atoms with E-state index in [1.54, 1.807) is 36.9 Å². The summed E-state index contributed by atoms with van der Waals surface area (Å²) in [6.45, 7) is 3.77. The molecule has 0 saturated heterocycles. The molecule has 0 aliphatic carbocycles. The van der Waals surface area contributed by atoms with E-state index in [-0.39, 0.29) is 0 Å². The quantitative estimate of drug-likeness (QED) is 0.306. The molecule has 0 aliphatic heterocycles. The van der Waals surface area contributed by atoms with Crippen molar-refractivity contribution in [3.8, 4) is 0 Å². The zero-order chi connectivity index (χ0) is 18.5. The van der Waals surface area contributed by atoms with Crippen LogP contribution in [0.25, 0.3) is 22.1 Å². The number of rotatable bonds is 2. The van der Waals surface area contributed by atoms with Gasteiger partial charge in [0.25, 0.3) is 0 Å². The van der Waals surface area contributed by atoms with Gasteiger partial charge in [-0.2, -0.15) is 0 Å². The number of aryl methyl sites for hydroxylation is 2. The minimum absolute atomic E-state index is 0.546. The van der Waals surface area contributed by atoms with Gasteiger partial charge in [-0.1, -0.05) is 0 Å². The van der Waals surface area contributed by atoms with Crippen molar-refractivity contribution in [2.45, 2.75) is 13.8 Å². The van der Waals surface area contributed by atoms with E-state index in [4.69, 9.17) is 11.7 Å². The minimum atomic E-state index is 0.546. The van der Waals surface area contributed by atoms with Crippen LogP contribution in [0.2, 0.25) is 0 Å². The van der Waals surface area contributed by atoms with E-state index in [9.17, 15) is 0 Å². The fourth-order valence-electron chi connectivity index (χ4n) is 2.28. The van der Waals surface area contributed by atoms with Gasteiger partial charge in [-0.15, -0.1) is 0 Å². The van der Waals surface area contributed by atoms with Crippen molar-refractivity contribution in [3.63, 3.8) is 0 Å². The third kappa shape index (κ3) is 3.61. The molecule has 0 aliphatic rings. The van der Waals surface area contributed by atoms with Crippen LogP contribution in [0.3, 0.4) is 0 Å². The maximum absolute atomic E-state index is 5.29. The number of nitrogens with two attached hydrogens (primary N) is 2. The van der Waals surface area contributed by atoms with E-state index >= 15 is 0 Å². The number of nitrogens with zero attached hydrogens (tertiary/aromatic N) is 6. The lowest BCUT2D eigenvalue weighted by molar-refractivity contribution is 1.15. The molecule has 0 bridgehead atoms. The van der Waals surface area contributed by atoms with Crippen LogP contribution in [-0.4, -0.2) is 29.9 Å². The Bertz CT molecular complexity index is 1050. The van der Waals surface area contributed by atoms with E-state index in [1.807, 2.05) is 13.8 Å². The number of anilines is 2. The molecule has 0 fully saturated rings. The smallest absolute Gasteiger partial charge is 0.168 e. The molecule has 4 aromatic heterocycles. The van der Waals surface area contributed by atoms with Crippen molar-refractivity contribution in [2.24, 2.45) is 11.7 Å². The normalized spacial score (nSPS) is 10.3. The molecular formula is C16H18N10. The number of hydrogen-bond donors (Lipinski definition) is 4. The molecule has 0 radical (unpaired) electrons. The highest BCUT2D eigenvalue weighted by atomic mass is 15.3. The summed E-state index contributed by atoms with van der Waals surface area (Å²) in [5.74, 6) is 11.7. The fraction of sp³-hybridized carbons (Fsp3) is 0.125. The Kier molecular flexibility index (Phi) is 5.06. The first-order valence-corrected chi connectivity index (χ1v) is 7.72. The maximum Gasteiger partial charge on any atom is 0.168 e. The molecule has 4 rings (SSSR count). The Labute approximate surface area is 149 Å². The standard InChI is InChI=1S/2C8H9N5/c1-5-4-11-7-6(12-5)2-3-10-8(7)13-9;1-5-4-11-6-2-3-10-8(13-9)7(6)12-5/h2*2-4H,9H2,1H3,(H,10,13). The summed E-state index contributed by atoms with van der Waals surface area (Å²) in [7, 11) is 0. The van der Waals surface area contributed by atoms with Gasteiger partial charge in [0.2, 0.25) is 0 Å². The average molecular weight is 350 g/mol. The number of nitrogens with one attached hydrogen (secondary N) is 2. The van der Waals surface area contributed by atoms with Gasteiger partial charge in [-0.3, -0.25) is 4.98 Å². The molecule has 4 heterocycles. The Morgan fingerprint density at radius 2 is 1.27 bits per heavy atom. The van der Waals surface area contributed by atoms with Gasteiger partial charge in [0.05, 0.1) is 22.4 Å². The first kappa shape index (κ1) is 17.3. The van der Waals surface area contributed by atoms with Crippen molar-refractivity contribution in [1.29, 1.82) is 0 Å². The molecule has 0 unspecified atom stereocenters. The van der Waals surface area contributed by atoms with Crippen LogP contribution in [0.1, 0.15) is 11.4 Å². The van der Waals surface area contributed by atoms with E-state index < -0.39 is 0 Å². The zero-order valence-electron chi connectivity index (χ0n) is 14.3. The molecule has 4 aromatic rings. The van der Waals surface area contributed by atoms with Gasteiger partial charge < -0.3 is 10.9 Å². The summed E-state index contributed by atoms with van der Waals surface area (Å²) in [6, 6.07) is 3.60. The summed E-state index contributed by atoms with van der Waals surface area (Å²) < 4.78 is 0. The van der Waals surface area contributed by atoms with Crippen LogP contribution in [0.15, 0.2) is 36.9 Å². The SMILES string of the molecule is Cc1cnc2c(NN)nccc2n1.Cc1cnc2ccnc(NN)c2n1. The Morgan fingerprint density at radius 3 is 1.96 bits per heavy atom. The second-order valence-electron chi connectivity index (χ2n) is 5.37.